The first-order valence-electron chi connectivity index (χ1n) is 7.62. The van der Waals surface area contributed by atoms with Crippen molar-refractivity contribution in [2.24, 2.45) is 11.8 Å². The van der Waals surface area contributed by atoms with Gasteiger partial charge in [-0.3, -0.25) is 0 Å². The number of carboxylic acids is 1. The van der Waals surface area contributed by atoms with Gasteiger partial charge in [-0.2, -0.15) is 0 Å². The summed E-state index contributed by atoms with van der Waals surface area (Å²) in [5, 5.41) is 14.9. The topological polar surface area (TPSA) is 81.7 Å². The summed E-state index contributed by atoms with van der Waals surface area (Å²) in [6.45, 7) is 6.54. The standard InChI is InChI=1S/C15H29N3O3/c1-10(2)8-12(9-18(4)5)16-14(21)17-15(3,13(19)20)11-6-7-11/h10-12H,6-9H2,1-5H3,(H,19,20)(H2,16,17,21). The van der Waals surface area contributed by atoms with Crippen LogP contribution in [0.1, 0.15) is 40.0 Å². The van der Waals surface area contributed by atoms with Crippen LogP contribution in [-0.4, -0.2) is 54.2 Å². The molecule has 0 spiro atoms. The number of urea groups is 1. The summed E-state index contributed by atoms with van der Waals surface area (Å²) < 4.78 is 0. The molecule has 2 atom stereocenters. The summed E-state index contributed by atoms with van der Waals surface area (Å²) in [6, 6.07) is -0.378. The summed E-state index contributed by atoms with van der Waals surface area (Å²) in [7, 11) is 3.91. The Morgan fingerprint density at radius 3 is 2.29 bits per heavy atom. The number of hydrogen-bond donors (Lipinski definition) is 3. The number of amides is 2. The van der Waals surface area contributed by atoms with E-state index in [0.717, 1.165) is 25.8 Å². The fourth-order valence-corrected chi connectivity index (χ4v) is 2.64. The SMILES string of the molecule is CC(C)CC(CN(C)C)NC(=O)NC(C)(C(=O)O)C1CC1. The lowest BCUT2D eigenvalue weighted by Crippen LogP contribution is -2.58. The Bertz CT molecular complexity index is 370. The number of carboxylic acid groups (broad SMARTS) is 1. The monoisotopic (exact) mass is 299 g/mol. The Hall–Kier alpha value is -1.30. The van der Waals surface area contributed by atoms with E-state index in [2.05, 4.69) is 24.5 Å². The highest BCUT2D eigenvalue weighted by Gasteiger charge is 2.48. The fourth-order valence-electron chi connectivity index (χ4n) is 2.64. The van der Waals surface area contributed by atoms with Gasteiger partial charge in [-0.25, -0.2) is 9.59 Å². The lowest BCUT2D eigenvalue weighted by molar-refractivity contribution is -0.144. The van der Waals surface area contributed by atoms with Gasteiger partial charge in [-0.1, -0.05) is 13.8 Å². The molecule has 0 saturated heterocycles. The van der Waals surface area contributed by atoms with Crippen LogP contribution in [0.5, 0.6) is 0 Å². The number of nitrogens with zero attached hydrogens (tertiary/aromatic N) is 1. The van der Waals surface area contributed by atoms with Gasteiger partial charge < -0.3 is 20.6 Å². The maximum atomic E-state index is 12.2. The summed E-state index contributed by atoms with van der Waals surface area (Å²) in [6.07, 6.45) is 2.57. The van der Waals surface area contributed by atoms with Gasteiger partial charge >= 0.3 is 12.0 Å². The second kappa shape index (κ2) is 7.11. The number of likely N-dealkylation sites (N-methyl/N-ethyl adjacent to an activating group) is 1. The van der Waals surface area contributed by atoms with Crippen LogP contribution in [0.25, 0.3) is 0 Å². The first-order chi connectivity index (χ1) is 9.65. The van der Waals surface area contributed by atoms with E-state index in [0.29, 0.717) is 5.92 Å². The zero-order valence-corrected chi connectivity index (χ0v) is 13.8. The lowest BCUT2D eigenvalue weighted by atomic mass is 9.96. The summed E-state index contributed by atoms with van der Waals surface area (Å²) >= 11 is 0. The first-order valence-corrected chi connectivity index (χ1v) is 7.62. The lowest BCUT2D eigenvalue weighted by Gasteiger charge is -2.29. The number of carbonyl (C=O) groups excluding carboxylic acids is 1. The molecule has 1 aliphatic rings. The van der Waals surface area contributed by atoms with Gasteiger partial charge in [0.25, 0.3) is 0 Å². The Labute approximate surface area is 127 Å². The van der Waals surface area contributed by atoms with Gasteiger partial charge in [0.1, 0.15) is 5.54 Å². The van der Waals surface area contributed by atoms with E-state index < -0.39 is 11.5 Å². The second-order valence-electron chi connectivity index (χ2n) is 6.97. The highest BCUT2D eigenvalue weighted by atomic mass is 16.4. The third-order valence-electron chi connectivity index (χ3n) is 3.89. The van der Waals surface area contributed by atoms with E-state index in [4.69, 9.17) is 0 Å². The predicted molar refractivity (Wildman–Crippen MR) is 82.2 cm³/mol. The van der Waals surface area contributed by atoms with Crippen LogP contribution in [0.3, 0.4) is 0 Å². The van der Waals surface area contributed by atoms with Gasteiger partial charge in [0.15, 0.2) is 0 Å². The molecule has 6 nitrogen and oxygen atoms in total. The molecule has 0 bridgehead atoms. The molecule has 0 aromatic heterocycles. The average molecular weight is 299 g/mol. The maximum Gasteiger partial charge on any atom is 0.329 e. The molecule has 21 heavy (non-hydrogen) atoms. The van der Waals surface area contributed by atoms with Crippen LogP contribution in [0.4, 0.5) is 4.79 Å². The Kier molecular flexibility index (Phi) is 6.01. The van der Waals surface area contributed by atoms with E-state index in [1.807, 2.05) is 19.0 Å². The van der Waals surface area contributed by atoms with Crippen molar-refractivity contribution in [3.63, 3.8) is 0 Å². The van der Waals surface area contributed by atoms with Gasteiger partial charge in [0.2, 0.25) is 0 Å². The van der Waals surface area contributed by atoms with Crippen molar-refractivity contribution in [3.05, 3.63) is 0 Å². The Balaban J connectivity index is 2.61. The third kappa shape index (κ3) is 5.53. The molecule has 1 fully saturated rings. The first kappa shape index (κ1) is 17.8. The van der Waals surface area contributed by atoms with Crippen LogP contribution >= 0.6 is 0 Å². The van der Waals surface area contributed by atoms with E-state index in [1.54, 1.807) is 6.92 Å². The molecule has 2 amide bonds. The summed E-state index contributed by atoms with van der Waals surface area (Å²) in [5.41, 5.74) is -1.16. The van der Waals surface area contributed by atoms with Crippen LogP contribution in [0.15, 0.2) is 0 Å². The molecule has 1 saturated carbocycles. The molecule has 1 rings (SSSR count). The minimum atomic E-state index is -1.16. The third-order valence-corrected chi connectivity index (χ3v) is 3.89. The number of hydrogen-bond acceptors (Lipinski definition) is 3. The molecule has 0 radical (unpaired) electrons. The molecule has 0 aliphatic heterocycles. The second-order valence-corrected chi connectivity index (χ2v) is 6.97. The predicted octanol–water partition coefficient (Wildman–Crippen LogP) is 1.52. The van der Waals surface area contributed by atoms with Gasteiger partial charge in [0.05, 0.1) is 0 Å². The maximum absolute atomic E-state index is 12.2. The average Bonchev–Trinajstić information content (AvgIpc) is 3.09. The number of nitrogens with one attached hydrogen (secondary N) is 2. The highest BCUT2D eigenvalue weighted by Crippen LogP contribution is 2.39. The number of rotatable bonds is 8. The highest BCUT2D eigenvalue weighted by molar-refractivity contribution is 5.86. The molecular weight excluding hydrogens is 270 g/mol. The van der Waals surface area contributed by atoms with Gasteiger partial charge in [-0.15, -0.1) is 0 Å². The zero-order valence-electron chi connectivity index (χ0n) is 13.8. The Morgan fingerprint density at radius 2 is 1.90 bits per heavy atom. The minimum Gasteiger partial charge on any atom is -0.480 e. The molecule has 0 aromatic carbocycles. The van der Waals surface area contributed by atoms with Gasteiger partial charge in [-0.05, 0) is 52.1 Å². The van der Waals surface area contributed by atoms with Crippen molar-refractivity contribution in [1.29, 1.82) is 0 Å². The van der Waals surface area contributed by atoms with E-state index in [1.165, 1.54) is 0 Å². The molecule has 3 N–H and O–H groups in total. The molecule has 0 heterocycles. The van der Waals surface area contributed by atoms with Crippen LogP contribution in [0.2, 0.25) is 0 Å². The quantitative estimate of drug-likeness (QED) is 0.634. The van der Waals surface area contributed by atoms with Crippen molar-refractivity contribution in [3.8, 4) is 0 Å². The molecule has 0 aromatic rings. The largest absolute Gasteiger partial charge is 0.480 e. The summed E-state index contributed by atoms with van der Waals surface area (Å²) in [4.78, 5) is 25.6. The van der Waals surface area contributed by atoms with E-state index in [-0.39, 0.29) is 18.0 Å². The zero-order chi connectivity index (χ0) is 16.2. The van der Waals surface area contributed by atoms with Crippen molar-refractivity contribution < 1.29 is 14.7 Å². The number of carbonyl (C=O) groups is 2. The number of aliphatic carboxylic acids is 1. The molecule has 122 valence electrons. The molecule has 6 heteroatoms. The molecule has 1 aliphatic carbocycles. The van der Waals surface area contributed by atoms with Crippen LogP contribution in [-0.2, 0) is 4.79 Å². The van der Waals surface area contributed by atoms with Gasteiger partial charge in [0, 0.05) is 12.6 Å². The smallest absolute Gasteiger partial charge is 0.329 e. The summed E-state index contributed by atoms with van der Waals surface area (Å²) in [5.74, 6) is -0.462. The van der Waals surface area contributed by atoms with Crippen molar-refractivity contribution in [1.82, 2.24) is 15.5 Å². The fraction of sp³-hybridized carbons (Fsp3) is 0.867. The van der Waals surface area contributed by atoms with Crippen LogP contribution < -0.4 is 10.6 Å². The minimum absolute atomic E-state index is 0.0113. The van der Waals surface area contributed by atoms with Crippen molar-refractivity contribution in [2.75, 3.05) is 20.6 Å². The van der Waals surface area contributed by atoms with Crippen molar-refractivity contribution in [2.45, 2.75) is 51.6 Å². The van der Waals surface area contributed by atoms with E-state index >= 15 is 0 Å². The van der Waals surface area contributed by atoms with E-state index in [9.17, 15) is 14.7 Å². The van der Waals surface area contributed by atoms with Crippen molar-refractivity contribution >= 4 is 12.0 Å². The van der Waals surface area contributed by atoms with Crippen LogP contribution in [0, 0.1) is 11.8 Å². The normalized spacial score (nSPS) is 19.2. The molecular formula is C15H29N3O3. The Morgan fingerprint density at radius 1 is 1.33 bits per heavy atom. The molecule has 2 unspecified atom stereocenters.